The number of aromatic nitrogens is 1. The van der Waals surface area contributed by atoms with E-state index in [4.69, 9.17) is 5.26 Å². The van der Waals surface area contributed by atoms with Crippen LogP contribution in [0.4, 0.5) is 4.39 Å². The summed E-state index contributed by atoms with van der Waals surface area (Å²) >= 11 is 0. The van der Waals surface area contributed by atoms with E-state index in [1.54, 1.807) is 6.20 Å². The molecule has 1 aromatic carbocycles. The van der Waals surface area contributed by atoms with Crippen molar-refractivity contribution in [2.75, 3.05) is 0 Å². The van der Waals surface area contributed by atoms with Crippen molar-refractivity contribution in [2.45, 2.75) is 13.3 Å². The Morgan fingerprint density at radius 3 is 3.00 bits per heavy atom. The van der Waals surface area contributed by atoms with Gasteiger partial charge in [-0.05, 0) is 30.2 Å². The summed E-state index contributed by atoms with van der Waals surface area (Å²) in [6.45, 7) is 1.91. The monoisotopic (exact) mass is 188 g/mol. The molecule has 2 aromatic rings. The van der Waals surface area contributed by atoms with Gasteiger partial charge in [0, 0.05) is 11.6 Å². The van der Waals surface area contributed by atoms with E-state index in [0.717, 1.165) is 16.5 Å². The first-order valence-corrected chi connectivity index (χ1v) is 4.35. The van der Waals surface area contributed by atoms with Crippen molar-refractivity contribution in [3.05, 3.63) is 35.3 Å². The van der Waals surface area contributed by atoms with Crippen LogP contribution in [0.1, 0.15) is 11.1 Å². The third-order valence-corrected chi connectivity index (χ3v) is 2.29. The molecule has 0 bridgehead atoms. The number of nitrogens with one attached hydrogen (secondary N) is 1. The predicted molar refractivity (Wildman–Crippen MR) is 52.3 cm³/mol. The normalized spacial score (nSPS) is 10.4. The molecule has 0 atom stereocenters. The second kappa shape index (κ2) is 3.15. The average molecular weight is 188 g/mol. The zero-order valence-electron chi connectivity index (χ0n) is 7.76. The van der Waals surface area contributed by atoms with Crippen molar-refractivity contribution in [2.24, 2.45) is 0 Å². The van der Waals surface area contributed by atoms with Gasteiger partial charge < -0.3 is 4.98 Å². The lowest BCUT2D eigenvalue weighted by Crippen LogP contribution is -1.86. The Balaban J connectivity index is 2.70. The topological polar surface area (TPSA) is 39.6 Å². The van der Waals surface area contributed by atoms with Crippen LogP contribution in [-0.2, 0) is 6.42 Å². The van der Waals surface area contributed by atoms with Crippen LogP contribution < -0.4 is 0 Å². The van der Waals surface area contributed by atoms with E-state index in [-0.39, 0.29) is 12.2 Å². The highest BCUT2D eigenvalue weighted by atomic mass is 19.1. The standard InChI is InChI=1S/C11H9FN2/c1-7-6-14-11-9(7)4-8(2-3-13)5-10(11)12/h4-6,14H,2H2,1H3. The lowest BCUT2D eigenvalue weighted by atomic mass is 10.1. The number of nitriles is 1. The second-order valence-corrected chi connectivity index (χ2v) is 3.31. The summed E-state index contributed by atoms with van der Waals surface area (Å²) in [5.41, 5.74) is 2.24. The van der Waals surface area contributed by atoms with E-state index in [2.05, 4.69) is 4.98 Å². The van der Waals surface area contributed by atoms with Crippen LogP contribution >= 0.6 is 0 Å². The molecule has 1 aromatic heterocycles. The molecule has 0 aliphatic rings. The molecule has 0 aliphatic heterocycles. The summed E-state index contributed by atoms with van der Waals surface area (Å²) < 4.78 is 13.4. The molecule has 2 nitrogen and oxygen atoms in total. The highest BCUT2D eigenvalue weighted by molar-refractivity contribution is 5.84. The Morgan fingerprint density at radius 2 is 2.29 bits per heavy atom. The molecule has 14 heavy (non-hydrogen) atoms. The summed E-state index contributed by atoms with van der Waals surface area (Å²) in [5, 5.41) is 9.38. The number of hydrogen-bond acceptors (Lipinski definition) is 1. The van der Waals surface area contributed by atoms with Crippen LogP contribution in [-0.4, -0.2) is 4.98 Å². The molecule has 70 valence electrons. The zero-order chi connectivity index (χ0) is 10.1. The maximum Gasteiger partial charge on any atom is 0.147 e. The van der Waals surface area contributed by atoms with E-state index >= 15 is 0 Å². The van der Waals surface area contributed by atoms with E-state index in [1.165, 1.54) is 6.07 Å². The molecule has 0 saturated heterocycles. The van der Waals surface area contributed by atoms with Gasteiger partial charge in [-0.1, -0.05) is 0 Å². The Kier molecular flexibility index (Phi) is 1.97. The molecule has 0 radical (unpaired) electrons. The van der Waals surface area contributed by atoms with Gasteiger partial charge in [-0.3, -0.25) is 0 Å². The van der Waals surface area contributed by atoms with Crippen molar-refractivity contribution in [1.29, 1.82) is 5.26 Å². The van der Waals surface area contributed by atoms with Gasteiger partial charge in [-0.15, -0.1) is 0 Å². The summed E-state index contributed by atoms with van der Waals surface area (Å²) in [6, 6.07) is 5.27. The highest BCUT2D eigenvalue weighted by Gasteiger charge is 2.06. The van der Waals surface area contributed by atoms with Crippen molar-refractivity contribution in [1.82, 2.24) is 4.98 Å². The summed E-state index contributed by atoms with van der Waals surface area (Å²) in [5.74, 6) is -0.291. The second-order valence-electron chi connectivity index (χ2n) is 3.31. The van der Waals surface area contributed by atoms with Crippen LogP contribution in [0.15, 0.2) is 18.3 Å². The van der Waals surface area contributed by atoms with Crippen molar-refractivity contribution < 1.29 is 4.39 Å². The Labute approximate surface area is 81.0 Å². The summed E-state index contributed by atoms with van der Waals surface area (Å²) in [6.07, 6.45) is 2.02. The summed E-state index contributed by atoms with van der Waals surface area (Å²) in [7, 11) is 0. The van der Waals surface area contributed by atoms with Gasteiger partial charge in [-0.2, -0.15) is 5.26 Å². The van der Waals surface area contributed by atoms with Crippen molar-refractivity contribution in [3.8, 4) is 6.07 Å². The van der Waals surface area contributed by atoms with E-state index in [1.807, 2.05) is 19.1 Å². The molecule has 1 N–H and O–H groups in total. The minimum absolute atomic E-state index is 0.247. The number of aromatic amines is 1. The average Bonchev–Trinajstić information content (AvgIpc) is 2.49. The van der Waals surface area contributed by atoms with Gasteiger partial charge in [0.1, 0.15) is 5.82 Å². The number of nitrogens with zero attached hydrogens (tertiary/aromatic N) is 1. The van der Waals surface area contributed by atoms with Crippen molar-refractivity contribution in [3.63, 3.8) is 0 Å². The minimum atomic E-state index is -0.291. The first-order chi connectivity index (χ1) is 6.72. The number of aryl methyl sites for hydroxylation is 1. The van der Waals surface area contributed by atoms with Gasteiger partial charge in [0.05, 0.1) is 18.0 Å². The smallest absolute Gasteiger partial charge is 0.147 e. The van der Waals surface area contributed by atoms with Crippen LogP contribution in [0.5, 0.6) is 0 Å². The first-order valence-electron chi connectivity index (χ1n) is 4.35. The number of fused-ring (bicyclic) bond motifs is 1. The Hall–Kier alpha value is -1.82. The molecule has 2 rings (SSSR count). The van der Waals surface area contributed by atoms with E-state index < -0.39 is 0 Å². The van der Waals surface area contributed by atoms with Crippen molar-refractivity contribution >= 4 is 10.9 Å². The number of halogens is 1. The van der Waals surface area contributed by atoms with Gasteiger partial charge in [0.15, 0.2) is 0 Å². The zero-order valence-corrected chi connectivity index (χ0v) is 7.76. The van der Waals surface area contributed by atoms with Crippen LogP contribution in [0.2, 0.25) is 0 Å². The molecule has 0 saturated carbocycles. The van der Waals surface area contributed by atoms with Gasteiger partial charge in [0.25, 0.3) is 0 Å². The van der Waals surface area contributed by atoms with Crippen LogP contribution in [0, 0.1) is 24.1 Å². The molecule has 0 amide bonds. The Morgan fingerprint density at radius 1 is 1.50 bits per heavy atom. The lowest BCUT2D eigenvalue weighted by molar-refractivity contribution is 0.636. The molecular weight excluding hydrogens is 179 g/mol. The number of hydrogen-bond donors (Lipinski definition) is 1. The predicted octanol–water partition coefficient (Wildman–Crippen LogP) is 2.68. The molecule has 0 fully saturated rings. The minimum Gasteiger partial charge on any atom is -0.359 e. The van der Waals surface area contributed by atoms with Gasteiger partial charge in [0.2, 0.25) is 0 Å². The molecule has 1 heterocycles. The molecule has 0 aliphatic carbocycles. The number of H-pyrrole nitrogens is 1. The molecule has 3 heteroatoms. The quantitative estimate of drug-likeness (QED) is 0.734. The number of benzene rings is 1. The Bertz CT molecular complexity index is 520. The SMILES string of the molecule is Cc1c[nH]c2c(F)cc(CC#N)cc12. The van der Waals surface area contributed by atoms with Crippen LogP contribution in [0.25, 0.3) is 10.9 Å². The van der Waals surface area contributed by atoms with E-state index in [9.17, 15) is 4.39 Å². The van der Waals surface area contributed by atoms with Gasteiger partial charge in [-0.25, -0.2) is 4.39 Å². The molecule has 0 spiro atoms. The fraction of sp³-hybridized carbons (Fsp3) is 0.182. The molecular formula is C11H9FN2. The fourth-order valence-corrected chi connectivity index (χ4v) is 1.57. The first kappa shape index (κ1) is 8.76. The lowest BCUT2D eigenvalue weighted by Gasteiger charge is -1.98. The fourth-order valence-electron chi connectivity index (χ4n) is 1.57. The van der Waals surface area contributed by atoms with E-state index in [0.29, 0.717) is 5.52 Å². The largest absolute Gasteiger partial charge is 0.359 e. The summed E-state index contributed by atoms with van der Waals surface area (Å²) in [4.78, 5) is 2.87. The maximum absolute atomic E-state index is 13.4. The number of rotatable bonds is 1. The highest BCUT2D eigenvalue weighted by Crippen LogP contribution is 2.22. The third-order valence-electron chi connectivity index (χ3n) is 2.29. The van der Waals surface area contributed by atoms with Crippen LogP contribution in [0.3, 0.4) is 0 Å². The molecule has 0 unspecified atom stereocenters. The maximum atomic E-state index is 13.4. The van der Waals surface area contributed by atoms with Gasteiger partial charge >= 0.3 is 0 Å². The third kappa shape index (κ3) is 1.25.